The minimum Gasteiger partial charge on any atom is -0.484 e. The highest BCUT2D eigenvalue weighted by Gasteiger charge is 2.17. The molecule has 0 aliphatic carbocycles. The molecule has 5 nitrogen and oxygen atoms in total. The summed E-state index contributed by atoms with van der Waals surface area (Å²) < 4.78 is 6.92. The van der Waals surface area contributed by atoms with Gasteiger partial charge in [0, 0.05) is 11.6 Å². The lowest BCUT2D eigenvalue weighted by molar-refractivity contribution is 0.0699. The van der Waals surface area contributed by atoms with Gasteiger partial charge in [0.05, 0.1) is 11.1 Å². The third-order valence-electron chi connectivity index (χ3n) is 3.77. The molecule has 1 aromatic heterocycles. The predicted molar refractivity (Wildman–Crippen MR) is 90.9 cm³/mol. The molecule has 0 aliphatic rings. The first-order valence-corrected chi connectivity index (χ1v) is 7.53. The molecule has 3 rings (SSSR count). The Kier molecular flexibility index (Phi) is 4.08. The zero-order valence-corrected chi connectivity index (χ0v) is 13.4. The zero-order chi connectivity index (χ0) is 17.3. The Balaban J connectivity index is 1.88. The van der Waals surface area contributed by atoms with Gasteiger partial charge in [0.2, 0.25) is 0 Å². The van der Waals surface area contributed by atoms with E-state index in [1.807, 2.05) is 32.0 Å². The maximum absolute atomic E-state index is 12.5. The van der Waals surface area contributed by atoms with E-state index in [2.05, 4.69) is 0 Å². The normalized spacial score (nSPS) is 10.8. The second kappa shape index (κ2) is 6.20. The van der Waals surface area contributed by atoms with Crippen LogP contribution in [0.1, 0.15) is 26.3 Å². The number of carboxylic acids is 1. The monoisotopic (exact) mass is 323 g/mol. The van der Waals surface area contributed by atoms with E-state index < -0.39 is 5.97 Å². The fourth-order valence-electron chi connectivity index (χ4n) is 2.79. The van der Waals surface area contributed by atoms with Crippen LogP contribution < -0.4 is 4.74 Å². The summed E-state index contributed by atoms with van der Waals surface area (Å²) >= 11 is 0. The van der Waals surface area contributed by atoms with E-state index in [4.69, 9.17) is 4.74 Å². The smallest absolute Gasteiger partial charge is 0.337 e. The minimum atomic E-state index is -1.06. The van der Waals surface area contributed by atoms with Gasteiger partial charge >= 0.3 is 5.97 Å². The summed E-state index contributed by atoms with van der Waals surface area (Å²) in [6.07, 6.45) is 1.35. The number of benzene rings is 2. The van der Waals surface area contributed by atoms with Crippen molar-refractivity contribution in [2.75, 3.05) is 6.61 Å². The van der Waals surface area contributed by atoms with Gasteiger partial charge in [0.25, 0.3) is 5.91 Å². The number of hydrogen-bond donors (Lipinski definition) is 1. The van der Waals surface area contributed by atoms with Gasteiger partial charge in [-0.2, -0.15) is 0 Å². The number of carboxylic acid groups (broad SMARTS) is 1. The van der Waals surface area contributed by atoms with Gasteiger partial charge in [-0.1, -0.05) is 24.3 Å². The fraction of sp³-hybridized carbons (Fsp3) is 0.158. The number of aromatic carboxylic acids is 1. The van der Waals surface area contributed by atoms with Crippen LogP contribution in [0.3, 0.4) is 0 Å². The van der Waals surface area contributed by atoms with Crippen LogP contribution in [0.15, 0.2) is 48.7 Å². The molecule has 3 aromatic rings. The van der Waals surface area contributed by atoms with Crippen molar-refractivity contribution in [3.05, 3.63) is 65.4 Å². The third-order valence-corrected chi connectivity index (χ3v) is 3.77. The van der Waals surface area contributed by atoms with Crippen molar-refractivity contribution in [2.45, 2.75) is 13.8 Å². The van der Waals surface area contributed by atoms with Crippen LogP contribution in [0.5, 0.6) is 5.75 Å². The number of aromatic nitrogens is 1. The van der Waals surface area contributed by atoms with E-state index in [1.54, 1.807) is 24.3 Å². The molecule has 24 heavy (non-hydrogen) atoms. The first-order valence-electron chi connectivity index (χ1n) is 7.53. The number of fused-ring (bicyclic) bond motifs is 1. The van der Waals surface area contributed by atoms with Crippen molar-refractivity contribution in [3.8, 4) is 5.75 Å². The highest BCUT2D eigenvalue weighted by molar-refractivity contribution is 6.06. The Bertz CT molecular complexity index is 919. The average Bonchev–Trinajstić information content (AvgIpc) is 2.92. The summed E-state index contributed by atoms with van der Waals surface area (Å²) in [5, 5.41) is 9.82. The summed E-state index contributed by atoms with van der Waals surface area (Å²) in [7, 11) is 0. The van der Waals surface area contributed by atoms with E-state index in [9.17, 15) is 14.7 Å². The second-order valence-corrected chi connectivity index (χ2v) is 5.74. The molecule has 0 fully saturated rings. The predicted octanol–water partition coefficient (Wildman–Crippen LogP) is 3.68. The first-order chi connectivity index (χ1) is 11.5. The highest BCUT2D eigenvalue weighted by atomic mass is 16.5. The molecular formula is C19H17NO4. The van der Waals surface area contributed by atoms with E-state index in [-0.39, 0.29) is 18.1 Å². The molecule has 0 unspecified atom stereocenters. The molecule has 122 valence electrons. The van der Waals surface area contributed by atoms with E-state index >= 15 is 0 Å². The van der Waals surface area contributed by atoms with Crippen LogP contribution >= 0.6 is 0 Å². The number of carbonyl (C=O) groups excluding carboxylic acids is 1. The SMILES string of the molecule is Cc1cc(C)cc(OCC(=O)n2cc(C(=O)O)c3ccccc32)c1. The number of aryl methyl sites for hydroxylation is 2. The highest BCUT2D eigenvalue weighted by Crippen LogP contribution is 2.22. The van der Waals surface area contributed by atoms with E-state index in [0.717, 1.165) is 11.1 Å². The molecule has 0 atom stereocenters. The minimum absolute atomic E-state index is 0.102. The van der Waals surface area contributed by atoms with Gasteiger partial charge in [0.15, 0.2) is 6.61 Å². The van der Waals surface area contributed by atoms with Crippen molar-refractivity contribution in [1.29, 1.82) is 0 Å². The van der Waals surface area contributed by atoms with Gasteiger partial charge in [-0.05, 0) is 43.2 Å². The Morgan fingerprint density at radius 1 is 1.08 bits per heavy atom. The van der Waals surface area contributed by atoms with Crippen LogP contribution in [0, 0.1) is 13.8 Å². The molecule has 0 amide bonds. The lowest BCUT2D eigenvalue weighted by atomic mass is 10.1. The lowest BCUT2D eigenvalue weighted by Crippen LogP contribution is -2.18. The topological polar surface area (TPSA) is 68.5 Å². The van der Waals surface area contributed by atoms with Crippen molar-refractivity contribution in [3.63, 3.8) is 0 Å². The van der Waals surface area contributed by atoms with Crippen molar-refractivity contribution in [1.82, 2.24) is 4.57 Å². The summed E-state index contributed by atoms with van der Waals surface area (Å²) in [4.78, 5) is 23.8. The Labute approximate surface area is 139 Å². The quantitative estimate of drug-likeness (QED) is 0.795. The number of para-hydroxylation sites is 1. The summed E-state index contributed by atoms with van der Waals surface area (Å²) in [5.41, 5.74) is 2.77. The Morgan fingerprint density at radius 2 is 1.75 bits per heavy atom. The molecule has 0 saturated carbocycles. The summed E-state index contributed by atoms with van der Waals surface area (Å²) in [5.74, 6) is -0.762. The van der Waals surface area contributed by atoms with Crippen LogP contribution in [0.4, 0.5) is 0 Å². The second-order valence-electron chi connectivity index (χ2n) is 5.74. The maximum atomic E-state index is 12.5. The molecule has 5 heteroatoms. The molecule has 1 N–H and O–H groups in total. The van der Waals surface area contributed by atoms with Gasteiger partial charge < -0.3 is 9.84 Å². The van der Waals surface area contributed by atoms with Crippen molar-refractivity contribution < 1.29 is 19.4 Å². The largest absolute Gasteiger partial charge is 0.484 e. The molecule has 0 spiro atoms. The standard InChI is InChI=1S/C19H17NO4/c1-12-7-13(2)9-14(8-12)24-11-18(21)20-10-16(19(22)23)15-5-3-4-6-17(15)20/h3-10H,11H2,1-2H3,(H,22,23). The number of rotatable bonds is 4. The molecule has 2 aromatic carbocycles. The lowest BCUT2D eigenvalue weighted by Gasteiger charge is -2.09. The summed E-state index contributed by atoms with van der Waals surface area (Å²) in [6, 6.07) is 12.7. The van der Waals surface area contributed by atoms with Crippen LogP contribution in [-0.2, 0) is 0 Å². The molecule has 0 aliphatic heterocycles. The van der Waals surface area contributed by atoms with Gasteiger partial charge in [0.1, 0.15) is 5.75 Å². The van der Waals surface area contributed by atoms with Gasteiger partial charge in [-0.25, -0.2) is 4.79 Å². The van der Waals surface area contributed by atoms with Gasteiger partial charge in [-0.3, -0.25) is 9.36 Å². The molecule has 0 bridgehead atoms. The Hall–Kier alpha value is -3.08. The number of ether oxygens (including phenoxy) is 1. The van der Waals surface area contributed by atoms with Crippen LogP contribution in [0.25, 0.3) is 10.9 Å². The molecule has 0 saturated heterocycles. The van der Waals surface area contributed by atoms with E-state index in [1.165, 1.54) is 10.8 Å². The maximum Gasteiger partial charge on any atom is 0.337 e. The Morgan fingerprint density at radius 3 is 2.42 bits per heavy atom. The number of nitrogens with zero attached hydrogens (tertiary/aromatic N) is 1. The molecular weight excluding hydrogens is 306 g/mol. The average molecular weight is 323 g/mol. The third kappa shape index (κ3) is 3.01. The number of carbonyl (C=O) groups is 2. The fourth-order valence-corrected chi connectivity index (χ4v) is 2.79. The summed E-state index contributed by atoms with van der Waals surface area (Å²) in [6.45, 7) is 3.75. The molecule has 1 heterocycles. The number of hydrogen-bond acceptors (Lipinski definition) is 3. The molecule has 0 radical (unpaired) electrons. The van der Waals surface area contributed by atoms with Gasteiger partial charge in [-0.15, -0.1) is 0 Å². The van der Waals surface area contributed by atoms with Crippen LogP contribution in [0.2, 0.25) is 0 Å². The first kappa shape index (κ1) is 15.8. The van der Waals surface area contributed by atoms with Crippen LogP contribution in [-0.4, -0.2) is 28.2 Å². The van der Waals surface area contributed by atoms with Crippen molar-refractivity contribution in [2.24, 2.45) is 0 Å². The van der Waals surface area contributed by atoms with E-state index in [0.29, 0.717) is 16.7 Å². The zero-order valence-electron chi connectivity index (χ0n) is 13.4. The van der Waals surface area contributed by atoms with Crippen molar-refractivity contribution >= 4 is 22.8 Å².